The van der Waals surface area contributed by atoms with E-state index in [9.17, 15) is 4.79 Å². The summed E-state index contributed by atoms with van der Waals surface area (Å²) >= 11 is 3.11. The van der Waals surface area contributed by atoms with Crippen LogP contribution >= 0.6 is 15.9 Å². The van der Waals surface area contributed by atoms with Gasteiger partial charge in [-0.2, -0.15) is 0 Å². The lowest BCUT2D eigenvalue weighted by atomic mass is 10.0. The monoisotopic (exact) mass is 190 g/mol. The van der Waals surface area contributed by atoms with Crippen molar-refractivity contribution < 1.29 is 9.53 Å². The quantitative estimate of drug-likeness (QED) is 0.376. The number of ether oxygens (including phenoxy) is 1. The van der Waals surface area contributed by atoms with Crippen molar-refractivity contribution in [3.05, 3.63) is 0 Å². The molecule has 0 aromatic carbocycles. The van der Waals surface area contributed by atoms with Gasteiger partial charge in [0.15, 0.2) is 0 Å². The van der Waals surface area contributed by atoms with Crippen LogP contribution in [0, 0.1) is 0 Å². The Hall–Kier alpha value is 0.0149. The van der Waals surface area contributed by atoms with E-state index in [-0.39, 0.29) is 10.8 Å². The average molecular weight is 191 g/mol. The molecule has 1 atom stereocenters. The molecule has 0 fully saturated rings. The molecule has 9 heavy (non-hydrogen) atoms. The molecule has 0 rings (SSSR count). The lowest BCUT2D eigenvalue weighted by molar-refractivity contribution is -0.139. The molecule has 0 bridgehead atoms. The fourth-order valence-electron chi connectivity index (χ4n) is 0.392. The van der Waals surface area contributed by atoms with Crippen LogP contribution < -0.4 is 0 Å². The van der Waals surface area contributed by atoms with Crippen molar-refractivity contribution in [2.45, 2.75) is 17.6 Å². The molecular formula is C5H8BBrO2. The van der Waals surface area contributed by atoms with E-state index in [4.69, 9.17) is 7.85 Å². The molecule has 0 aliphatic heterocycles. The molecule has 2 nitrogen and oxygen atoms in total. The van der Waals surface area contributed by atoms with Crippen molar-refractivity contribution in [3.63, 3.8) is 0 Å². The molecule has 0 amide bonds. The van der Waals surface area contributed by atoms with E-state index in [2.05, 4.69) is 20.7 Å². The molecule has 0 aliphatic rings. The van der Waals surface area contributed by atoms with Crippen LogP contribution in [0.3, 0.4) is 0 Å². The third-order valence-electron chi connectivity index (χ3n) is 0.877. The SMILES string of the molecule is [B]CCC(Br)C(=O)OC. The van der Waals surface area contributed by atoms with Gasteiger partial charge >= 0.3 is 5.97 Å². The van der Waals surface area contributed by atoms with Gasteiger partial charge in [0, 0.05) is 0 Å². The normalized spacial score (nSPS) is 12.7. The lowest BCUT2D eigenvalue weighted by Gasteiger charge is -2.03. The molecule has 0 heterocycles. The van der Waals surface area contributed by atoms with Gasteiger partial charge in [0.2, 0.25) is 0 Å². The number of hydrogen-bond acceptors (Lipinski definition) is 2. The van der Waals surface area contributed by atoms with Gasteiger partial charge in [-0.1, -0.05) is 22.3 Å². The predicted molar refractivity (Wildman–Crippen MR) is 39.9 cm³/mol. The van der Waals surface area contributed by atoms with Crippen molar-refractivity contribution in [2.24, 2.45) is 0 Å². The minimum atomic E-state index is -0.263. The third-order valence-corrected chi connectivity index (χ3v) is 1.71. The molecule has 0 saturated carbocycles. The van der Waals surface area contributed by atoms with Crippen LogP contribution in [0.2, 0.25) is 6.32 Å². The Labute approximate surface area is 64.5 Å². The molecule has 0 aromatic heterocycles. The fraction of sp³-hybridized carbons (Fsp3) is 0.800. The smallest absolute Gasteiger partial charge is 0.319 e. The number of methoxy groups -OCH3 is 1. The van der Waals surface area contributed by atoms with E-state index in [1.807, 2.05) is 0 Å². The van der Waals surface area contributed by atoms with Gasteiger partial charge in [0.25, 0.3) is 0 Å². The number of halogens is 1. The van der Waals surface area contributed by atoms with E-state index in [0.717, 1.165) is 0 Å². The summed E-state index contributed by atoms with van der Waals surface area (Å²) in [7, 11) is 6.54. The van der Waals surface area contributed by atoms with E-state index >= 15 is 0 Å². The highest BCUT2D eigenvalue weighted by Crippen LogP contribution is 2.07. The number of hydrogen-bond donors (Lipinski definition) is 0. The van der Waals surface area contributed by atoms with E-state index < -0.39 is 0 Å². The topological polar surface area (TPSA) is 26.3 Å². The number of carbonyl (C=O) groups excluding carboxylic acids is 1. The second kappa shape index (κ2) is 4.85. The minimum Gasteiger partial charge on any atom is -0.468 e. The highest BCUT2D eigenvalue weighted by atomic mass is 79.9. The Balaban J connectivity index is 3.45. The molecule has 0 N–H and O–H groups in total. The summed E-state index contributed by atoms with van der Waals surface area (Å²) in [6, 6.07) is 0. The Kier molecular flexibility index (Phi) is 4.86. The minimum absolute atomic E-state index is 0.243. The fourth-order valence-corrected chi connectivity index (χ4v) is 0.843. The zero-order valence-corrected chi connectivity index (χ0v) is 6.85. The van der Waals surface area contributed by atoms with Gasteiger partial charge in [-0.15, -0.1) is 0 Å². The third kappa shape index (κ3) is 3.57. The van der Waals surface area contributed by atoms with Gasteiger partial charge in [0.1, 0.15) is 4.83 Å². The number of carbonyl (C=O) groups is 1. The zero-order chi connectivity index (χ0) is 7.28. The van der Waals surface area contributed by atoms with Crippen LogP contribution in [0.4, 0.5) is 0 Å². The standard InChI is InChI=1S/C5H8BBrO2/c1-9-5(8)4(7)2-3-6/h4H,2-3H2,1H3. The molecular weight excluding hydrogens is 183 g/mol. The first-order chi connectivity index (χ1) is 4.22. The molecule has 0 saturated heterocycles. The first-order valence-corrected chi connectivity index (χ1v) is 3.56. The summed E-state index contributed by atoms with van der Waals surface area (Å²) in [4.78, 5) is 10.3. The van der Waals surface area contributed by atoms with Crippen molar-refractivity contribution >= 4 is 29.7 Å². The number of alkyl halides is 1. The maximum atomic E-state index is 10.6. The van der Waals surface area contributed by atoms with E-state index in [0.29, 0.717) is 12.7 Å². The second-order valence-corrected chi connectivity index (χ2v) is 2.67. The van der Waals surface area contributed by atoms with Crippen LogP contribution in [0.25, 0.3) is 0 Å². The molecule has 50 valence electrons. The maximum absolute atomic E-state index is 10.6. The van der Waals surface area contributed by atoms with Crippen molar-refractivity contribution in [3.8, 4) is 0 Å². The summed E-state index contributed by atoms with van der Waals surface area (Å²) in [6.45, 7) is 0. The Morgan fingerprint density at radius 2 is 2.44 bits per heavy atom. The zero-order valence-electron chi connectivity index (χ0n) is 5.26. The molecule has 0 aromatic rings. The van der Waals surface area contributed by atoms with Gasteiger partial charge in [-0.05, 0) is 6.42 Å². The average Bonchev–Trinajstić information content (AvgIpc) is 1.87. The Morgan fingerprint density at radius 3 is 2.78 bits per heavy atom. The Bertz CT molecular complexity index is 97.0. The van der Waals surface area contributed by atoms with Gasteiger partial charge in [0.05, 0.1) is 15.0 Å². The van der Waals surface area contributed by atoms with E-state index in [1.165, 1.54) is 7.11 Å². The summed E-state index contributed by atoms with van der Waals surface area (Å²) in [5.41, 5.74) is 0. The number of rotatable bonds is 3. The molecule has 0 aliphatic carbocycles. The molecule has 2 radical (unpaired) electrons. The largest absolute Gasteiger partial charge is 0.468 e. The van der Waals surface area contributed by atoms with Crippen LogP contribution in [-0.4, -0.2) is 25.8 Å². The molecule has 4 heteroatoms. The maximum Gasteiger partial charge on any atom is 0.319 e. The summed E-state index contributed by atoms with van der Waals surface area (Å²) in [6.07, 6.45) is 1.11. The van der Waals surface area contributed by atoms with Crippen molar-refractivity contribution in [1.82, 2.24) is 0 Å². The van der Waals surface area contributed by atoms with Gasteiger partial charge in [-0.25, -0.2) is 0 Å². The summed E-state index contributed by atoms with van der Waals surface area (Å²) in [5.74, 6) is -0.263. The highest BCUT2D eigenvalue weighted by molar-refractivity contribution is 9.10. The number of esters is 1. The second-order valence-electron chi connectivity index (χ2n) is 1.57. The van der Waals surface area contributed by atoms with Crippen LogP contribution in [0.1, 0.15) is 6.42 Å². The summed E-state index contributed by atoms with van der Waals surface area (Å²) < 4.78 is 4.42. The lowest BCUT2D eigenvalue weighted by Crippen LogP contribution is -2.14. The summed E-state index contributed by atoms with van der Waals surface area (Å²) in [5, 5.41) is 0. The molecule has 1 unspecified atom stereocenters. The highest BCUT2D eigenvalue weighted by Gasteiger charge is 2.12. The Morgan fingerprint density at radius 1 is 1.89 bits per heavy atom. The van der Waals surface area contributed by atoms with Crippen LogP contribution in [0.15, 0.2) is 0 Å². The predicted octanol–water partition coefficient (Wildman–Crippen LogP) is 0.900. The van der Waals surface area contributed by atoms with Gasteiger partial charge < -0.3 is 4.74 Å². The molecule has 0 spiro atoms. The first kappa shape index (κ1) is 9.01. The first-order valence-electron chi connectivity index (χ1n) is 2.64. The van der Waals surface area contributed by atoms with Crippen molar-refractivity contribution in [1.29, 1.82) is 0 Å². The van der Waals surface area contributed by atoms with E-state index in [1.54, 1.807) is 0 Å². The van der Waals surface area contributed by atoms with Gasteiger partial charge in [-0.3, -0.25) is 4.79 Å². The van der Waals surface area contributed by atoms with Crippen molar-refractivity contribution in [2.75, 3.05) is 7.11 Å². The van der Waals surface area contributed by atoms with Crippen LogP contribution in [-0.2, 0) is 9.53 Å². The van der Waals surface area contributed by atoms with Crippen LogP contribution in [0.5, 0.6) is 0 Å².